The van der Waals surface area contributed by atoms with Crippen LogP contribution in [-0.4, -0.2) is 12.6 Å². The van der Waals surface area contributed by atoms with Crippen molar-refractivity contribution in [2.24, 2.45) is 0 Å². The molecule has 0 radical (unpaired) electrons. The molecule has 27 heavy (non-hydrogen) atoms. The Balaban J connectivity index is 1.67. The molecule has 0 saturated heterocycles. The molecule has 1 aromatic heterocycles. The average molecular weight is 470 g/mol. The van der Waals surface area contributed by atoms with Crippen molar-refractivity contribution >= 4 is 45.1 Å². The SMILES string of the molecule is CCOc1ccc(C(=O)OCc2ccc(-c3cccc(Cl)c3Cl)o2)cc1Br. The first kappa shape index (κ1) is 19.8. The topological polar surface area (TPSA) is 48.7 Å². The number of benzene rings is 2. The molecule has 0 N–H and O–H groups in total. The molecule has 140 valence electrons. The van der Waals surface area contributed by atoms with Crippen LogP contribution in [-0.2, 0) is 11.3 Å². The predicted molar refractivity (Wildman–Crippen MR) is 109 cm³/mol. The normalized spacial score (nSPS) is 10.7. The quantitative estimate of drug-likeness (QED) is 0.373. The van der Waals surface area contributed by atoms with Gasteiger partial charge in [0.05, 0.1) is 26.7 Å². The van der Waals surface area contributed by atoms with Gasteiger partial charge in [-0.05, 0) is 65.3 Å². The highest BCUT2D eigenvalue weighted by Gasteiger charge is 2.14. The Morgan fingerprint density at radius 1 is 1.15 bits per heavy atom. The molecule has 0 aliphatic heterocycles. The molecule has 3 aromatic rings. The van der Waals surface area contributed by atoms with Crippen LogP contribution in [0.4, 0.5) is 0 Å². The van der Waals surface area contributed by atoms with E-state index in [-0.39, 0.29) is 6.61 Å². The molecule has 0 bridgehead atoms. The van der Waals surface area contributed by atoms with E-state index in [4.69, 9.17) is 37.1 Å². The van der Waals surface area contributed by atoms with Gasteiger partial charge in [0.25, 0.3) is 0 Å². The van der Waals surface area contributed by atoms with Crippen LogP contribution in [0.3, 0.4) is 0 Å². The van der Waals surface area contributed by atoms with E-state index in [1.807, 2.05) is 6.92 Å². The Hall–Kier alpha value is -1.95. The zero-order valence-electron chi connectivity index (χ0n) is 14.3. The van der Waals surface area contributed by atoms with E-state index in [0.29, 0.717) is 49.5 Å². The van der Waals surface area contributed by atoms with Gasteiger partial charge < -0.3 is 13.9 Å². The summed E-state index contributed by atoms with van der Waals surface area (Å²) < 4.78 is 17.2. The minimum Gasteiger partial charge on any atom is -0.493 e. The second-order valence-electron chi connectivity index (χ2n) is 5.52. The van der Waals surface area contributed by atoms with Crippen molar-refractivity contribution in [3.05, 3.63) is 74.4 Å². The van der Waals surface area contributed by atoms with Gasteiger partial charge >= 0.3 is 5.97 Å². The van der Waals surface area contributed by atoms with Crippen molar-refractivity contribution in [1.82, 2.24) is 0 Å². The maximum atomic E-state index is 12.3. The first-order valence-electron chi connectivity index (χ1n) is 8.12. The number of rotatable bonds is 6. The highest BCUT2D eigenvalue weighted by Crippen LogP contribution is 2.34. The van der Waals surface area contributed by atoms with Crippen molar-refractivity contribution in [3.8, 4) is 17.1 Å². The highest BCUT2D eigenvalue weighted by atomic mass is 79.9. The molecule has 0 amide bonds. The second-order valence-corrected chi connectivity index (χ2v) is 7.16. The monoisotopic (exact) mass is 468 g/mol. The average Bonchev–Trinajstić information content (AvgIpc) is 3.12. The summed E-state index contributed by atoms with van der Waals surface area (Å²) in [5, 5.41) is 0.857. The van der Waals surface area contributed by atoms with Crippen LogP contribution in [0.1, 0.15) is 23.0 Å². The van der Waals surface area contributed by atoms with Crippen LogP contribution in [0.2, 0.25) is 10.0 Å². The highest BCUT2D eigenvalue weighted by molar-refractivity contribution is 9.10. The number of esters is 1. The summed E-state index contributed by atoms with van der Waals surface area (Å²) in [7, 11) is 0. The number of ether oxygens (including phenoxy) is 2. The van der Waals surface area contributed by atoms with E-state index < -0.39 is 5.97 Å². The van der Waals surface area contributed by atoms with E-state index in [1.54, 1.807) is 48.5 Å². The first-order chi connectivity index (χ1) is 13.0. The zero-order valence-corrected chi connectivity index (χ0v) is 17.4. The Kier molecular flexibility index (Phi) is 6.47. The predicted octanol–water partition coefficient (Wildman–Crippen LogP) is 6.77. The molecular formula is C20H15BrCl2O4. The molecular weight excluding hydrogens is 455 g/mol. The molecule has 0 spiro atoms. The lowest BCUT2D eigenvalue weighted by Gasteiger charge is -2.08. The minimum atomic E-state index is -0.461. The summed E-state index contributed by atoms with van der Waals surface area (Å²) in [5.41, 5.74) is 1.09. The number of carbonyl (C=O) groups excluding carboxylic acids is 1. The van der Waals surface area contributed by atoms with Gasteiger partial charge in [-0.1, -0.05) is 29.3 Å². The van der Waals surface area contributed by atoms with Gasteiger partial charge in [-0.3, -0.25) is 0 Å². The summed E-state index contributed by atoms with van der Waals surface area (Å²) in [5.74, 6) is 1.26. The van der Waals surface area contributed by atoms with Gasteiger partial charge in [0, 0.05) is 5.56 Å². The Morgan fingerprint density at radius 2 is 1.96 bits per heavy atom. The molecule has 0 unspecified atom stereocenters. The Morgan fingerprint density at radius 3 is 2.70 bits per heavy atom. The molecule has 7 heteroatoms. The number of halogens is 3. The Bertz CT molecular complexity index is 968. The van der Waals surface area contributed by atoms with Gasteiger partial charge in [-0.2, -0.15) is 0 Å². The van der Waals surface area contributed by atoms with Gasteiger partial charge in [-0.15, -0.1) is 0 Å². The van der Waals surface area contributed by atoms with E-state index in [0.717, 1.165) is 0 Å². The fourth-order valence-electron chi connectivity index (χ4n) is 2.41. The van der Waals surface area contributed by atoms with Crippen LogP contribution in [0.15, 0.2) is 57.4 Å². The molecule has 0 aliphatic carbocycles. The Labute approximate surface area is 175 Å². The fraction of sp³-hybridized carbons (Fsp3) is 0.150. The van der Waals surface area contributed by atoms with Gasteiger partial charge in [0.2, 0.25) is 0 Å². The van der Waals surface area contributed by atoms with Gasteiger partial charge in [-0.25, -0.2) is 4.79 Å². The smallest absolute Gasteiger partial charge is 0.338 e. The van der Waals surface area contributed by atoms with Crippen LogP contribution in [0.25, 0.3) is 11.3 Å². The van der Waals surface area contributed by atoms with Crippen molar-refractivity contribution in [1.29, 1.82) is 0 Å². The van der Waals surface area contributed by atoms with Crippen LogP contribution in [0, 0.1) is 0 Å². The summed E-state index contributed by atoms with van der Waals surface area (Å²) in [4.78, 5) is 12.3. The second kappa shape index (κ2) is 8.83. The standard InChI is InChI=1S/C20H15BrCl2O4/c1-2-25-18-8-6-12(10-15(18)21)20(24)26-11-13-7-9-17(27-13)14-4-3-5-16(22)19(14)23/h3-10H,2,11H2,1H3. The first-order valence-corrected chi connectivity index (χ1v) is 9.67. The maximum absolute atomic E-state index is 12.3. The summed E-state index contributed by atoms with van der Waals surface area (Å²) in [6.07, 6.45) is 0. The maximum Gasteiger partial charge on any atom is 0.338 e. The number of furan rings is 1. The minimum absolute atomic E-state index is 0.00183. The fourth-order valence-corrected chi connectivity index (χ4v) is 3.30. The van der Waals surface area contributed by atoms with Gasteiger partial charge in [0.15, 0.2) is 0 Å². The van der Waals surface area contributed by atoms with Crippen LogP contribution >= 0.6 is 39.1 Å². The zero-order chi connectivity index (χ0) is 19.4. The molecule has 2 aromatic carbocycles. The van der Waals surface area contributed by atoms with Crippen molar-refractivity contribution in [2.75, 3.05) is 6.61 Å². The van der Waals surface area contributed by atoms with E-state index in [1.165, 1.54) is 0 Å². The molecule has 0 atom stereocenters. The third-order valence-corrected chi connectivity index (χ3v) is 5.13. The van der Waals surface area contributed by atoms with Crippen molar-refractivity contribution in [3.63, 3.8) is 0 Å². The molecule has 0 fully saturated rings. The molecule has 0 aliphatic rings. The summed E-state index contributed by atoms with van der Waals surface area (Å²) >= 11 is 15.6. The number of hydrogen-bond acceptors (Lipinski definition) is 4. The third kappa shape index (κ3) is 4.67. The van der Waals surface area contributed by atoms with Gasteiger partial charge in [0.1, 0.15) is 23.9 Å². The lowest BCUT2D eigenvalue weighted by Crippen LogP contribution is -2.05. The number of hydrogen-bond donors (Lipinski definition) is 0. The lowest BCUT2D eigenvalue weighted by atomic mass is 10.2. The van der Waals surface area contributed by atoms with E-state index in [9.17, 15) is 4.79 Å². The summed E-state index contributed by atoms with van der Waals surface area (Å²) in [6.45, 7) is 2.44. The molecule has 0 saturated carbocycles. The number of carbonyl (C=O) groups is 1. The van der Waals surface area contributed by atoms with Crippen molar-refractivity contribution < 1.29 is 18.7 Å². The van der Waals surface area contributed by atoms with E-state index >= 15 is 0 Å². The molecule has 1 heterocycles. The molecule has 3 rings (SSSR count). The summed E-state index contributed by atoms with van der Waals surface area (Å²) in [6, 6.07) is 13.8. The van der Waals surface area contributed by atoms with Crippen molar-refractivity contribution in [2.45, 2.75) is 13.5 Å². The molecule has 4 nitrogen and oxygen atoms in total. The van der Waals surface area contributed by atoms with Crippen LogP contribution < -0.4 is 4.74 Å². The van der Waals surface area contributed by atoms with Crippen LogP contribution in [0.5, 0.6) is 5.75 Å². The van der Waals surface area contributed by atoms with E-state index in [2.05, 4.69) is 15.9 Å². The largest absolute Gasteiger partial charge is 0.493 e. The third-order valence-electron chi connectivity index (χ3n) is 3.69. The lowest BCUT2D eigenvalue weighted by molar-refractivity contribution is 0.0446.